The lowest BCUT2D eigenvalue weighted by Crippen LogP contribution is -2.48. The zero-order chi connectivity index (χ0) is 10.3. The normalized spacial score (nSPS) is 21.1. The van der Waals surface area contributed by atoms with Crippen LogP contribution in [0, 0.1) is 0 Å². The quantitative estimate of drug-likeness (QED) is 0.730. The molecule has 0 radical (unpaired) electrons. The van der Waals surface area contributed by atoms with E-state index < -0.39 is 0 Å². The van der Waals surface area contributed by atoms with E-state index in [1.165, 1.54) is 0 Å². The molecule has 0 atom stereocenters. The van der Waals surface area contributed by atoms with Gasteiger partial charge in [0.1, 0.15) is 0 Å². The lowest BCUT2D eigenvalue weighted by molar-refractivity contribution is -0.120. The average Bonchev–Trinajstić information content (AvgIpc) is 2.82. The molecule has 0 spiro atoms. The minimum Gasteiger partial charge on any atom is -0.273 e. The highest BCUT2D eigenvalue weighted by molar-refractivity contribution is 6.00. The first-order valence-corrected chi connectivity index (χ1v) is 5.28. The van der Waals surface area contributed by atoms with Crippen LogP contribution in [0.4, 0.5) is 5.69 Å². The summed E-state index contributed by atoms with van der Waals surface area (Å²) in [4.78, 5) is 11.9. The number of carbonyl (C=O) groups excluding carboxylic acids is 1. The monoisotopic (exact) mass is 203 g/mol. The Labute approximate surface area is 88.4 Å². The van der Waals surface area contributed by atoms with Crippen molar-refractivity contribution in [1.82, 2.24) is 10.5 Å². The average molecular weight is 203 g/mol. The number of fused-ring (bicyclic) bond motifs is 1. The highest BCUT2D eigenvalue weighted by atomic mass is 16.2. The van der Waals surface area contributed by atoms with Crippen LogP contribution in [0.2, 0.25) is 0 Å². The molecule has 2 aliphatic heterocycles. The molecule has 1 fully saturated rings. The predicted octanol–water partition coefficient (Wildman–Crippen LogP) is 0.701. The third kappa shape index (κ3) is 1.33. The zero-order valence-electron chi connectivity index (χ0n) is 8.44. The fraction of sp³-hybridized carbons (Fsp3) is 0.364. The Hall–Kier alpha value is -1.39. The third-order valence-corrected chi connectivity index (χ3v) is 2.88. The fourth-order valence-corrected chi connectivity index (χ4v) is 2.19. The van der Waals surface area contributed by atoms with E-state index in [-0.39, 0.29) is 5.91 Å². The van der Waals surface area contributed by atoms with Gasteiger partial charge in [-0.3, -0.25) is 4.79 Å². The van der Waals surface area contributed by atoms with Crippen molar-refractivity contribution in [3.63, 3.8) is 0 Å². The summed E-state index contributed by atoms with van der Waals surface area (Å²) in [6.07, 6.45) is 1.61. The van der Waals surface area contributed by atoms with Crippen LogP contribution in [-0.2, 0) is 11.2 Å². The molecule has 4 nitrogen and oxygen atoms in total. The molecular formula is C11H13N3O. The number of hydrogen-bond acceptors (Lipinski definition) is 3. The molecule has 78 valence electrons. The van der Waals surface area contributed by atoms with Crippen molar-refractivity contribution in [3.05, 3.63) is 29.8 Å². The van der Waals surface area contributed by atoms with Crippen LogP contribution in [0.5, 0.6) is 0 Å². The van der Waals surface area contributed by atoms with Crippen LogP contribution >= 0.6 is 0 Å². The number of nitrogens with one attached hydrogen (secondary N) is 1. The maximum absolute atomic E-state index is 11.9. The second-order valence-electron chi connectivity index (χ2n) is 3.90. The van der Waals surface area contributed by atoms with Crippen molar-refractivity contribution in [3.8, 4) is 0 Å². The lowest BCUT2D eigenvalue weighted by atomic mass is 10.2. The van der Waals surface area contributed by atoms with Gasteiger partial charge in [0.25, 0.3) is 0 Å². The first-order chi connectivity index (χ1) is 7.36. The van der Waals surface area contributed by atoms with Gasteiger partial charge in [0.2, 0.25) is 5.91 Å². The summed E-state index contributed by atoms with van der Waals surface area (Å²) in [5.41, 5.74) is 5.35. The minimum atomic E-state index is 0.158. The summed E-state index contributed by atoms with van der Waals surface area (Å²) >= 11 is 0. The van der Waals surface area contributed by atoms with Crippen molar-refractivity contribution in [2.75, 3.05) is 18.1 Å². The van der Waals surface area contributed by atoms with Crippen LogP contribution < -0.4 is 10.4 Å². The number of benzene rings is 1. The molecule has 15 heavy (non-hydrogen) atoms. The Kier molecular flexibility index (Phi) is 1.97. The number of amides is 1. The van der Waals surface area contributed by atoms with Gasteiger partial charge in [0, 0.05) is 13.1 Å². The van der Waals surface area contributed by atoms with Gasteiger partial charge in [-0.25, -0.2) is 10.4 Å². The van der Waals surface area contributed by atoms with E-state index in [9.17, 15) is 4.79 Å². The van der Waals surface area contributed by atoms with Crippen molar-refractivity contribution in [1.29, 1.82) is 0 Å². The zero-order valence-corrected chi connectivity index (χ0v) is 8.44. The smallest absolute Gasteiger partial charge is 0.247 e. The summed E-state index contributed by atoms with van der Waals surface area (Å²) in [5.74, 6) is 0.158. The maximum atomic E-state index is 11.9. The molecule has 1 aromatic rings. The molecule has 2 aliphatic rings. The predicted molar refractivity (Wildman–Crippen MR) is 57.0 cm³/mol. The maximum Gasteiger partial charge on any atom is 0.247 e. The summed E-state index contributed by atoms with van der Waals surface area (Å²) in [6.45, 7) is 1.85. The van der Waals surface area contributed by atoms with Crippen LogP contribution in [0.25, 0.3) is 0 Å². The molecule has 0 saturated carbocycles. The summed E-state index contributed by atoms with van der Waals surface area (Å²) in [5, 5.41) is 3.69. The molecule has 0 aromatic heterocycles. The van der Waals surface area contributed by atoms with Gasteiger partial charge in [-0.2, -0.15) is 0 Å². The van der Waals surface area contributed by atoms with Crippen molar-refractivity contribution in [2.24, 2.45) is 0 Å². The van der Waals surface area contributed by atoms with E-state index in [0.717, 1.165) is 30.8 Å². The molecule has 0 aliphatic carbocycles. The highest BCUT2D eigenvalue weighted by Gasteiger charge is 2.32. The fourth-order valence-electron chi connectivity index (χ4n) is 2.19. The number of hydrogen-bond donors (Lipinski definition) is 1. The topological polar surface area (TPSA) is 35.6 Å². The Morgan fingerprint density at radius 1 is 1.27 bits per heavy atom. The summed E-state index contributed by atoms with van der Waals surface area (Å²) < 4.78 is 0. The first kappa shape index (κ1) is 8.88. The molecule has 0 unspecified atom stereocenters. The Balaban J connectivity index is 1.98. The van der Waals surface area contributed by atoms with Gasteiger partial charge >= 0.3 is 0 Å². The second-order valence-corrected chi connectivity index (χ2v) is 3.90. The second kappa shape index (κ2) is 3.32. The van der Waals surface area contributed by atoms with E-state index >= 15 is 0 Å². The summed E-state index contributed by atoms with van der Waals surface area (Å²) in [6, 6.07) is 7.97. The van der Waals surface area contributed by atoms with Gasteiger partial charge in [0.15, 0.2) is 0 Å². The molecule has 1 amide bonds. The Bertz CT molecular complexity index is 399. The van der Waals surface area contributed by atoms with E-state index in [1.807, 2.05) is 29.4 Å². The van der Waals surface area contributed by atoms with Gasteiger partial charge < -0.3 is 0 Å². The largest absolute Gasteiger partial charge is 0.273 e. The van der Waals surface area contributed by atoms with Crippen LogP contribution in [0.15, 0.2) is 24.3 Å². The molecule has 1 N–H and O–H groups in total. The number of para-hydroxylation sites is 1. The summed E-state index contributed by atoms with van der Waals surface area (Å²) in [7, 11) is 0. The molecule has 4 heteroatoms. The third-order valence-electron chi connectivity index (χ3n) is 2.88. The Morgan fingerprint density at radius 3 is 2.93 bits per heavy atom. The van der Waals surface area contributed by atoms with Crippen LogP contribution in [0.1, 0.15) is 12.0 Å². The van der Waals surface area contributed by atoms with Crippen molar-refractivity contribution < 1.29 is 4.79 Å². The van der Waals surface area contributed by atoms with E-state index in [2.05, 4.69) is 5.43 Å². The molecule has 1 aromatic carbocycles. The number of anilines is 1. The number of carbonyl (C=O) groups is 1. The van der Waals surface area contributed by atoms with E-state index in [1.54, 1.807) is 5.01 Å². The van der Waals surface area contributed by atoms with Crippen molar-refractivity contribution in [2.45, 2.75) is 12.8 Å². The van der Waals surface area contributed by atoms with Gasteiger partial charge in [-0.15, -0.1) is 5.12 Å². The van der Waals surface area contributed by atoms with E-state index in [4.69, 9.17) is 0 Å². The van der Waals surface area contributed by atoms with Gasteiger partial charge in [-0.1, -0.05) is 18.2 Å². The standard InChI is InChI=1S/C11H13N3O/c15-11-8-9-4-1-2-5-10(9)14(11)13-7-3-6-12-13/h1-2,4-5,12H,3,6-8H2. The van der Waals surface area contributed by atoms with Crippen LogP contribution in [0.3, 0.4) is 0 Å². The molecule has 1 saturated heterocycles. The SMILES string of the molecule is O=C1Cc2ccccc2N1N1CCCN1. The minimum absolute atomic E-state index is 0.158. The molecule has 0 bridgehead atoms. The van der Waals surface area contributed by atoms with Crippen LogP contribution in [-0.4, -0.2) is 24.1 Å². The number of hydrazine groups is 2. The number of rotatable bonds is 1. The number of nitrogens with zero attached hydrogens (tertiary/aromatic N) is 2. The molecule has 2 heterocycles. The highest BCUT2D eigenvalue weighted by Crippen LogP contribution is 2.29. The lowest BCUT2D eigenvalue weighted by Gasteiger charge is -2.27. The van der Waals surface area contributed by atoms with Gasteiger partial charge in [-0.05, 0) is 18.1 Å². The Morgan fingerprint density at radius 2 is 2.13 bits per heavy atom. The van der Waals surface area contributed by atoms with E-state index in [0.29, 0.717) is 6.42 Å². The first-order valence-electron chi connectivity index (χ1n) is 5.28. The van der Waals surface area contributed by atoms with Gasteiger partial charge in [0.05, 0.1) is 12.1 Å². The molecule has 3 rings (SSSR count). The van der Waals surface area contributed by atoms with Crippen molar-refractivity contribution >= 4 is 11.6 Å². The molecular weight excluding hydrogens is 190 g/mol.